The highest BCUT2D eigenvalue weighted by Gasteiger charge is 2.26. The van der Waals surface area contributed by atoms with Crippen molar-refractivity contribution in [1.29, 1.82) is 0 Å². The molecule has 0 aromatic heterocycles. The maximum absolute atomic E-state index is 11.1. The first-order chi connectivity index (χ1) is 9.60. The van der Waals surface area contributed by atoms with Crippen molar-refractivity contribution < 1.29 is 13.0 Å². The van der Waals surface area contributed by atoms with Gasteiger partial charge in [-0.2, -0.15) is 8.42 Å². The summed E-state index contributed by atoms with van der Waals surface area (Å²) in [6.45, 7) is 11.2. The van der Waals surface area contributed by atoms with E-state index in [4.69, 9.17) is 4.55 Å². The molecule has 0 fully saturated rings. The lowest BCUT2D eigenvalue weighted by atomic mass is 9.73. The highest BCUT2D eigenvalue weighted by molar-refractivity contribution is 7.85. The van der Waals surface area contributed by atoms with E-state index in [9.17, 15) is 8.42 Å². The molecule has 0 aliphatic carbocycles. The smallest absolute Gasteiger partial charge is 0.282 e. The Morgan fingerprint density at radius 3 is 2.05 bits per heavy atom. The van der Waals surface area contributed by atoms with Gasteiger partial charge in [0.05, 0.1) is 4.90 Å². The van der Waals surface area contributed by atoms with Crippen molar-refractivity contribution in [3.05, 3.63) is 29.8 Å². The van der Waals surface area contributed by atoms with E-state index in [2.05, 4.69) is 34.6 Å². The van der Waals surface area contributed by atoms with Crippen molar-refractivity contribution in [2.45, 2.75) is 64.7 Å². The van der Waals surface area contributed by atoms with Gasteiger partial charge in [0, 0.05) is 0 Å². The zero-order valence-electron chi connectivity index (χ0n) is 13.8. The van der Waals surface area contributed by atoms with Crippen molar-refractivity contribution in [1.82, 2.24) is 0 Å². The Morgan fingerprint density at radius 2 is 1.67 bits per heavy atom. The van der Waals surface area contributed by atoms with E-state index >= 15 is 0 Å². The van der Waals surface area contributed by atoms with Gasteiger partial charge < -0.3 is 0 Å². The highest BCUT2D eigenvalue weighted by Crippen LogP contribution is 2.39. The highest BCUT2D eigenvalue weighted by atomic mass is 32.2. The molecule has 4 heteroatoms. The van der Waals surface area contributed by atoms with Gasteiger partial charge in [0.25, 0.3) is 10.1 Å². The first-order valence-electron chi connectivity index (χ1n) is 7.68. The Kier molecular flexibility index (Phi) is 6.00. The summed E-state index contributed by atoms with van der Waals surface area (Å²) in [5.74, 6) is 0.938. The molecule has 1 aromatic rings. The second kappa shape index (κ2) is 6.93. The van der Waals surface area contributed by atoms with Crippen molar-refractivity contribution in [2.75, 3.05) is 0 Å². The van der Waals surface area contributed by atoms with Gasteiger partial charge in [0.15, 0.2) is 0 Å². The van der Waals surface area contributed by atoms with Crippen molar-refractivity contribution in [3.8, 4) is 0 Å². The van der Waals surface area contributed by atoms with E-state index in [1.54, 1.807) is 0 Å². The molecule has 0 saturated heterocycles. The molecule has 0 amide bonds. The van der Waals surface area contributed by atoms with Gasteiger partial charge in [0.2, 0.25) is 0 Å². The molecule has 0 aliphatic rings. The minimum Gasteiger partial charge on any atom is -0.282 e. The van der Waals surface area contributed by atoms with Crippen LogP contribution in [0.1, 0.15) is 65.4 Å². The van der Waals surface area contributed by atoms with Crippen LogP contribution in [-0.4, -0.2) is 13.0 Å². The monoisotopic (exact) mass is 312 g/mol. The first-order valence-corrected chi connectivity index (χ1v) is 9.12. The maximum atomic E-state index is 11.1. The summed E-state index contributed by atoms with van der Waals surface area (Å²) in [7, 11) is -4.11. The third-order valence-electron chi connectivity index (χ3n) is 4.67. The van der Waals surface area contributed by atoms with Gasteiger partial charge in [-0.15, -0.1) is 0 Å². The van der Waals surface area contributed by atoms with E-state index < -0.39 is 10.1 Å². The molecular formula is C17H28O3S. The minimum atomic E-state index is -4.11. The quantitative estimate of drug-likeness (QED) is 0.729. The topological polar surface area (TPSA) is 54.4 Å². The molecule has 1 rings (SSSR count). The molecule has 0 radical (unpaired) electrons. The number of benzene rings is 1. The molecule has 2 unspecified atom stereocenters. The van der Waals surface area contributed by atoms with Crippen LogP contribution in [0.4, 0.5) is 0 Å². The van der Waals surface area contributed by atoms with Crippen molar-refractivity contribution in [3.63, 3.8) is 0 Å². The lowest BCUT2D eigenvalue weighted by Gasteiger charge is -2.32. The standard InChI is InChI=1S/C17H28O3S/c1-6-13(3)16(12-17(4,5)7-2)14-8-10-15(11-9-14)21(18,19)20/h8-11,13,16H,6-7,12H2,1-5H3,(H,18,19,20). The lowest BCUT2D eigenvalue weighted by Crippen LogP contribution is -2.19. The van der Waals surface area contributed by atoms with Crippen LogP contribution in [0.25, 0.3) is 0 Å². The maximum Gasteiger partial charge on any atom is 0.294 e. The molecule has 3 nitrogen and oxygen atoms in total. The molecule has 1 N–H and O–H groups in total. The van der Waals surface area contributed by atoms with E-state index in [0.29, 0.717) is 11.8 Å². The van der Waals surface area contributed by atoms with Crippen LogP contribution in [0.15, 0.2) is 29.2 Å². The van der Waals surface area contributed by atoms with Crippen LogP contribution in [0, 0.1) is 11.3 Å². The third-order valence-corrected chi connectivity index (χ3v) is 5.53. The molecule has 0 spiro atoms. The molecule has 0 saturated carbocycles. The summed E-state index contributed by atoms with van der Waals surface area (Å²) >= 11 is 0. The fraction of sp³-hybridized carbons (Fsp3) is 0.647. The Morgan fingerprint density at radius 1 is 1.14 bits per heavy atom. The first kappa shape index (κ1) is 18.2. The van der Waals surface area contributed by atoms with Crippen LogP contribution in [-0.2, 0) is 10.1 Å². The second-order valence-corrected chi connectivity index (χ2v) is 8.18. The van der Waals surface area contributed by atoms with Crippen LogP contribution in [0.3, 0.4) is 0 Å². The van der Waals surface area contributed by atoms with Crippen molar-refractivity contribution >= 4 is 10.1 Å². The summed E-state index contributed by atoms with van der Waals surface area (Å²) in [6.07, 6.45) is 3.28. The predicted molar refractivity (Wildman–Crippen MR) is 87.1 cm³/mol. The predicted octanol–water partition coefficient (Wildman–Crippen LogP) is 4.89. The molecule has 2 atom stereocenters. The molecule has 1 aromatic carbocycles. The molecule has 21 heavy (non-hydrogen) atoms. The van der Waals surface area contributed by atoms with Gasteiger partial charge in [-0.3, -0.25) is 4.55 Å². The largest absolute Gasteiger partial charge is 0.294 e. The van der Waals surface area contributed by atoms with E-state index in [1.165, 1.54) is 12.1 Å². The molecule has 0 heterocycles. The Bertz CT molecular complexity index is 544. The normalized spacial score (nSPS) is 15.7. The molecular weight excluding hydrogens is 284 g/mol. The Balaban J connectivity index is 3.10. The Hall–Kier alpha value is -0.870. The summed E-state index contributed by atoms with van der Waals surface area (Å²) in [4.78, 5) is -0.0381. The number of hydrogen-bond acceptors (Lipinski definition) is 2. The fourth-order valence-corrected chi connectivity index (χ4v) is 3.04. The van der Waals surface area contributed by atoms with Gasteiger partial charge in [0.1, 0.15) is 0 Å². The van der Waals surface area contributed by atoms with Crippen LogP contribution in [0.5, 0.6) is 0 Å². The number of rotatable bonds is 7. The van der Waals surface area contributed by atoms with E-state index in [-0.39, 0.29) is 10.3 Å². The van der Waals surface area contributed by atoms with Crippen LogP contribution in [0.2, 0.25) is 0 Å². The van der Waals surface area contributed by atoms with E-state index in [1.807, 2.05) is 12.1 Å². The average molecular weight is 312 g/mol. The SMILES string of the molecule is CCC(C)C(CC(C)(C)CC)c1ccc(S(=O)(=O)O)cc1. The summed E-state index contributed by atoms with van der Waals surface area (Å²) in [5, 5.41) is 0. The van der Waals surface area contributed by atoms with Gasteiger partial charge in [-0.1, -0.05) is 59.6 Å². The van der Waals surface area contributed by atoms with Gasteiger partial charge in [-0.25, -0.2) is 0 Å². The summed E-state index contributed by atoms with van der Waals surface area (Å²) in [5.41, 5.74) is 1.41. The summed E-state index contributed by atoms with van der Waals surface area (Å²) < 4.78 is 31.3. The fourth-order valence-electron chi connectivity index (χ4n) is 2.56. The van der Waals surface area contributed by atoms with Gasteiger partial charge in [-0.05, 0) is 41.4 Å². The summed E-state index contributed by atoms with van der Waals surface area (Å²) in [6, 6.07) is 6.68. The molecule has 0 bridgehead atoms. The lowest BCUT2D eigenvalue weighted by molar-refractivity contribution is 0.255. The minimum absolute atomic E-state index is 0.0381. The third kappa shape index (κ3) is 5.11. The van der Waals surface area contributed by atoms with Crippen LogP contribution < -0.4 is 0 Å². The zero-order chi connectivity index (χ0) is 16.3. The zero-order valence-corrected chi connectivity index (χ0v) is 14.6. The Labute approximate surface area is 129 Å². The molecule has 120 valence electrons. The number of hydrogen-bond donors (Lipinski definition) is 1. The second-order valence-electron chi connectivity index (χ2n) is 6.76. The van der Waals surface area contributed by atoms with E-state index in [0.717, 1.165) is 24.8 Å². The molecule has 0 aliphatic heterocycles. The van der Waals surface area contributed by atoms with Crippen LogP contribution >= 0.6 is 0 Å². The van der Waals surface area contributed by atoms with Crippen molar-refractivity contribution in [2.24, 2.45) is 11.3 Å². The van der Waals surface area contributed by atoms with Gasteiger partial charge >= 0.3 is 0 Å². The average Bonchev–Trinajstić information content (AvgIpc) is 2.43.